The third-order valence-electron chi connectivity index (χ3n) is 11.7. The summed E-state index contributed by atoms with van der Waals surface area (Å²) in [7, 11) is 0. The number of para-hydroxylation sites is 1. The largest absolute Gasteiger partial charge is 0.456 e. The Balaban J connectivity index is 1.27. The van der Waals surface area contributed by atoms with Crippen molar-refractivity contribution in [3.05, 3.63) is 151 Å². The number of benzene rings is 7. The van der Waals surface area contributed by atoms with Crippen molar-refractivity contribution >= 4 is 43.5 Å². The van der Waals surface area contributed by atoms with Crippen LogP contribution in [-0.4, -0.2) is 15.0 Å². The van der Waals surface area contributed by atoms with E-state index in [2.05, 4.69) is 119 Å². The van der Waals surface area contributed by atoms with Crippen LogP contribution in [0.2, 0.25) is 0 Å². The second kappa shape index (κ2) is 10.7. The normalized spacial score (nSPS) is 14.6. The summed E-state index contributed by atoms with van der Waals surface area (Å²) in [5.41, 5.74) is 9.72. The summed E-state index contributed by atoms with van der Waals surface area (Å²) in [5, 5.41) is 6.74. The van der Waals surface area contributed by atoms with E-state index >= 15 is 0 Å². The topological polar surface area (TPSA) is 51.8 Å². The molecule has 0 N–H and O–H groups in total. The van der Waals surface area contributed by atoms with Crippen LogP contribution in [0.5, 0.6) is 0 Å². The van der Waals surface area contributed by atoms with Crippen LogP contribution < -0.4 is 0 Å². The van der Waals surface area contributed by atoms with Gasteiger partial charge < -0.3 is 4.42 Å². The Morgan fingerprint density at radius 2 is 1.02 bits per heavy atom. The van der Waals surface area contributed by atoms with E-state index < -0.39 is 0 Å². The third-order valence-corrected chi connectivity index (χ3v) is 11.7. The molecule has 0 bridgehead atoms. The molecule has 0 unspecified atom stereocenters. The Labute approximate surface area is 296 Å². The fraction of sp³-hybridized carbons (Fsp3) is 0.128. The van der Waals surface area contributed by atoms with Crippen molar-refractivity contribution in [1.29, 1.82) is 0 Å². The Bertz CT molecular complexity index is 2860. The number of nitrogens with zero attached hydrogens (tertiary/aromatic N) is 3. The zero-order chi connectivity index (χ0) is 34.5. The van der Waals surface area contributed by atoms with E-state index in [0.717, 1.165) is 44.0 Å². The molecule has 7 aromatic carbocycles. The average molecular weight is 658 g/mol. The van der Waals surface area contributed by atoms with E-state index in [1.807, 2.05) is 48.5 Å². The minimum atomic E-state index is -0.108. The lowest BCUT2D eigenvalue weighted by Gasteiger charge is -2.48. The van der Waals surface area contributed by atoms with Crippen LogP contribution >= 0.6 is 0 Å². The van der Waals surface area contributed by atoms with Gasteiger partial charge in [0, 0.05) is 27.5 Å². The van der Waals surface area contributed by atoms with E-state index in [-0.39, 0.29) is 10.8 Å². The summed E-state index contributed by atoms with van der Waals surface area (Å²) in [6.45, 7) is 9.54. The predicted molar refractivity (Wildman–Crippen MR) is 210 cm³/mol. The van der Waals surface area contributed by atoms with Gasteiger partial charge in [0.05, 0.1) is 0 Å². The maximum atomic E-state index is 6.28. The third kappa shape index (κ3) is 4.29. The van der Waals surface area contributed by atoms with Gasteiger partial charge in [0.25, 0.3) is 0 Å². The van der Waals surface area contributed by atoms with Gasteiger partial charge in [-0.1, -0.05) is 137 Å². The van der Waals surface area contributed by atoms with Gasteiger partial charge in [-0.15, -0.1) is 0 Å². The van der Waals surface area contributed by atoms with Crippen molar-refractivity contribution in [2.75, 3.05) is 0 Å². The molecule has 1 aliphatic carbocycles. The summed E-state index contributed by atoms with van der Waals surface area (Å²) < 4.78 is 6.28. The second-order valence-corrected chi connectivity index (χ2v) is 14.8. The molecule has 4 heteroatoms. The highest BCUT2D eigenvalue weighted by molar-refractivity contribution is 6.15. The number of hydrogen-bond donors (Lipinski definition) is 0. The summed E-state index contributed by atoms with van der Waals surface area (Å²) in [6.07, 6.45) is 0. The van der Waals surface area contributed by atoms with E-state index in [0.29, 0.717) is 17.5 Å². The molecular weight excluding hydrogens is 623 g/mol. The van der Waals surface area contributed by atoms with Gasteiger partial charge in [-0.2, -0.15) is 0 Å². The lowest BCUT2D eigenvalue weighted by Crippen LogP contribution is -2.43. The van der Waals surface area contributed by atoms with Crippen LogP contribution in [0.3, 0.4) is 0 Å². The summed E-state index contributed by atoms with van der Waals surface area (Å²) in [6, 6.07) is 49.2. The number of aromatic nitrogens is 3. The quantitative estimate of drug-likeness (QED) is 0.177. The molecule has 0 spiro atoms. The van der Waals surface area contributed by atoms with Crippen LogP contribution in [0.25, 0.3) is 88.8 Å². The summed E-state index contributed by atoms with van der Waals surface area (Å²) in [5.74, 6) is 1.89. The number of rotatable bonds is 3. The molecule has 51 heavy (non-hydrogen) atoms. The fourth-order valence-corrected chi connectivity index (χ4v) is 8.31. The Morgan fingerprint density at radius 1 is 0.412 bits per heavy atom. The van der Waals surface area contributed by atoms with Crippen molar-refractivity contribution in [2.45, 2.75) is 38.5 Å². The molecule has 0 radical (unpaired) electrons. The molecule has 0 saturated carbocycles. The molecule has 0 fully saturated rings. The second-order valence-electron chi connectivity index (χ2n) is 14.8. The summed E-state index contributed by atoms with van der Waals surface area (Å²) >= 11 is 0. The van der Waals surface area contributed by atoms with Crippen LogP contribution in [0.1, 0.15) is 38.8 Å². The van der Waals surface area contributed by atoms with Crippen LogP contribution in [0.4, 0.5) is 0 Å². The van der Waals surface area contributed by atoms with Gasteiger partial charge in [0.2, 0.25) is 0 Å². The highest BCUT2D eigenvalue weighted by Gasteiger charge is 2.45. The Kier molecular flexibility index (Phi) is 6.23. The van der Waals surface area contributed by atoms with E-state index in [1.165, 1.54) is 38.4 Å². The predicted octanol–water partition coefficient (Wildman–Crippen LogP) is 12.3. The SMILES string of the molecule is CC1(C)c2ccccc2-c2cc3c(cc2C1(C)C)cc(-c1nc(-c2ccccc2)nc(-c2cccc4oc5ccccc5c24)n1)c1ccccc13. The molecule has 0 atom stereocenters. The first kappa shape index (κ1) is 29.8. The maximum Gasteiger partial charge on any atom is 0.164 e. The van der Waals surface area contributed by atoms with Gasteiger partial charge in [0.1, 0.15) is 11.2 Å². The molecule has 0 amide bonds. The molecule has 1 aliphatic rings. The minimum Gasteiger partial charge on any atom is -0.456 e. The molecule has 9 aromatic rings. The zero-order valence-electron chi connectivity index (χ0n) is 29.0. The van der Waals surface area contributed by atoms with Crippen molar-refractivity contribution in [1.82, 2.24) is 15.0 Å². The maximum absolute atomic E-state index is 6.28. The first-order valence-electron chi connectivity index (χ1n) is 17.6. The van der Waals surface area contributed by atoms with Gasteiger partial charge in [-0.25, -0.2) is 15.0 Å². The molecule has 4 nitrogen and oxygen atoms in total. The standard InChI is InChI=1S/C47H35N3O/c1-46(2)38-22-12-10-19-32(38)36-27-35-29(26-39(36)47(46,3)4)25-37(31-18-9-8-17-30(31)35)45-49-43(28-15-6-5-7-16-28)48-44(50-45)34-21-14-24-41-42(34)33-20-11-13-23-40(33)51-41/h5-27H,1-4H3. The Morgan fingerprint density at radius 3 is 1.84 bits per heavy atom. The number of hydrogen-bond acceptors (Lipinski definition) is 4. The minimum absolute atomic E-state index is 0.0596. The molecule has 10 rings (SSSR count). The van der Waals surface area contributed by atoms with E-state index in [4.69, 9.17) is 19.4 Å². The fourth-order valence-electron chi connectivity index (χ4n) is 8.31. The van der Waals surface area contributed by atoms with E-state index in [1.54, 1.807) is 0 Å². The van der Waals surface area contributed by atoms with Gasteiger partial charge in [-0.05, 0) is 85.0 Å². The van der Waals surface area contributed by atoms with Crippen molar-refractivity contribution in [2.24, 2.45) is 0 Å². The Hall–Kier alpha value is -6.13. The lowest BCUT2D eigenvalue weighted by molar-refractivity contribution is 0.299. The average Bonchev–Trinajstić information content (AvgIpc) is 3.56. The molecule has 0 saturated heterocycles. The van der Waals surface area contributed by atoms with Crippen molar-refractivity contribution in [3.8, 4) is 45.3 Å². The molecule has 0 aliphatic heterocycles. The highest BCUT2D eigenvalue weighted by atomic mass is 16.3. The lowest BCUT2D eigenvalue weighted by atomic mass is 9.55. The number of fused-ring (bicyclic) bond motifs is 9. The molecule has 2 aromatic heterocycles. The zero-order valence-corrected chi connectivity index (χ0v) is 29.0. The van der Waals surface area contributed by atoms with Gasteiger partial charge in [-0.3, -0.25) is 0 Å². The number of furan rings is 1. The molecular formula is C47H35N3O. The summed E-state index contributed by atoms with van der Waals surface area (Å²) in [4.78, 5) is 15.6. The van der Waals surface area contributed by atoms with Crippen LogP contribution in [0.15, 0.2) is 144 Å². The first-order valence-corrected chi connectivity index (χ1v) is 17.6. The smallest absolute Gasteiger partial charge is 0.164 e. The highest BCUT2D eigenvalue weighted by Crippen LogP contribution is 2.55. The molecule has 2 heterocycles. The van der Waals surface area contributed by atoms with E-state index in [9.17, 15) is 0 Å². The van der Waals surface area contributed by atoms with Gasteiger partial charge >= 0.3 is 0 Å². The van der Waals surface area contributed by atoms with Crippen molar-refractivity contribution < 1.29 is 4.42 Å². The monoisotopic (exact) mass is 657 g/mol. The van der Waals surface area contributed by atoms with Crippen LogP contribution in [-0.2, 0) is 10.8 Å². The van der Waals surface area contributed by atoms with Crippen LogP contribution in [0, 0.1) is 0 Å². The molecule has 244 valence electrons. The van der Waals surface area contributed by atoms with Gasteiger partial charge in [0.15, 0.2) is 17.5 Å². The van der Waals surface area contributed by atoms with Crippen molar-refractivity contribution in [3.63, 3.8) is 0 Å². The first-order chi connectivity index (χ1) is 24.8.